The van der Waals surface area contributed by atoms with Gasteiger partial charge in [0.25, 0.3) is 10.0 Å². The van der Waals surface area contributed by atoms with E-state index in [-0.39, 0.29) is 10.6 Å². The number of unbranched alkanes of at least 4 members (excludes halogenated alkanes) is 1. The molecule has 0 unspecified atom stereocenters. The molecule has 6 heteroatoms. The number of aryl methyl sites for hydroxylation is 1. The number of benzene rings is 2. The molecule has 1 N–H and O–H groups in total. The number of sulfonamides is 1. The quantitative estimate of drug-likeness (QED) is 0.786. The molecule has 0 saturated heterocycles. The van der Waals surface area contributed by atoms with Crippen molar-refractivity contribution < 1.29 is 17.9 Å². The summed E-state index contributed by atoms with van der Waals surface area (Å²) >= 11 is 0. The summed E-state index contributed by atoms with van der Waals surface area (Å²) in [6.45, 7) is 2.11. The molecule has 24 heavy (non-hydrogen) atoms. The lowest BCUT2D eigenvalue weighted by Gasteiger charge is -2.15. The van der Waals surface area contributed by atoms with E-state index >= 15 is 0 Å². The molecule has 0 amide bonds. The second-order valence-electron chi connectivity index (χ2n) is 5.38. The first kappa shape index (κ1) is 18.1. The van der Waals surface area contributed by atoms with Crippen LogP contribution in [0.1, 0.15) is 25.3 Å². The van der Waals surface area contributed by atoms with E-state index in [0.29, 0.717) is 11.4 Å². The lowest BCUT2D eigenvalue weighted by atomic mass is 10.1. The van der Waals surface area contributed by atoms with Crippen molar-refractivity contribution in [1.82, 2.24) is 0 Å². The summed E-state index contributed by atoms with van der Waals surface area (Å²) in [5.74, 6) is 0.780. The van der Waals surface area contributed by atoms with E-state index in [2.05, 4.69) is 11.6 Å². The van der Waals surface area contributed by atoms with Crippen LogP contribution in [0.25, 0.3) is 0 Å². The van der Waals surface area contributed by atoms with Gasteiger partial charge in [-0.3, -0.25) is 4.72 Å². The first-order chi connectivity index (χ1) is 11.5. The molecule has 0 aromatic heterocycles. The van der Waals surface area contributed by atoms with E-state index in [4.69, 9.17) is 9.47 Å². The van der Waals surface area contributed by atoms with E-state index < -0.39 is 10.0 Å². The monoisotopic (exact) mass is 349 g/mol. The number of para-hydroxylation sites is 1. The molecule has 2 rings (SSSR count). The first-order valence-electron chi connectivity index (χ1n) is 7.84. The van der Waals surface area contributed by atoms with Gasteiger partial charge in [-0.25, -0.2) is 8.42 Å². The average Bonchev–Trinajstić information content (AvgIpc) is 2.60. The lowest BCUT2D eigenvalue weighted by molar-refractivity contribution is 0.386. The Hall–Kier alpha value is -2.21. The number of hydrogen-bond donors (Lipinski definition) is 1. The van der Waals surface area contributed by atoms with Gasteiger partial charge in [0, 0.05) is 6.07 Å². The molecule has 0 radical (unpaired) electrons. The van der Waals surface area contributed by atoms with Crippen molar-refractivity contribution >= 4 is 15.7 Å². The van der Waals surface area contributed by atoms with Crippen molar-refractivity contribution in [1.29, 1.82) is 0 Å². The standard InChI is InChI=1S/C18H23NO4S/c1-4-5-8-14-9-6-7-10-16(14)19-24(20,21)18-12-11-15(22-2)13-17(18)23-3/h6-7,9-13,19H,4-5,8H2,1-3H3. The fourth-order valence-corrected chi connectivity index (χ4v) is 3.65. The maximum absolute atomic E-state index is 12.8. The van der Waals surface area contributed by atoms with Crippen LogP contribution in [0.15, 0.2) is 47.4 Å². The zero-order valence-corrected chi connectivity index (χ0v) is 15.0. The molecular formula is C18H23NO4S. The Bertz CT molecular complexity index is 787. The lowest BCUT2D eigenvalue weighted by Crippen LogP contribution is -2.15. The number of methoxy groups -OCH3 is 2. The maximum Gasteiger partial charge on any atom is 0.265 e. The van der Waals surface area contributed by atoms with Gasteiger partial charge >= 0.3 is 0 Å². The normalized spacial score (nSPS) is 11.1. The number of nitrogens with one attached hydrogen (secondary N) is 1. The predicted octanol–water partition coefficient (Wildman–Crippen LogP) is 3.85. The Labute approximate surface area is 143 Å². The van der Waals surface area contributed by atoms with E-state index in [1.54, 1.807) is 18.2 Å². The van der Waals surface area contributed by atoms with Crippen LogP contribution in [-0.4, -0.2) is 22.6 Å². The zero-order valence-electron chi connectivity index (χ0n) is 14.2. The van der Waals surface area contributed by atoms with Gasteiger partial charge in [-0.15, -0.1) is 0 Å². The molecule has 0 aliphatic carbocycles. The summed E-state index contributed by atoms with van der Waals surface area (Å²) in [4.78, 5) is 0.0797. The summed E-state index contributed by atoms with van der Waals surface area (Å²) < 4.78 is 38.5. The van der Waals surface area contributed by atoms with Crippen LogP contribution >= 0.6 is 0 Å². The van der Waals surface area contributed by atoms with Crippen molar-refractivity contribution in [3.05, 3.63) is 48.0 Å². The molecule has 0 heterocycles. The van der Waals surface area contributed by atoms with E-state index in [0.717, 1.165) is 24.8 Å². The van der Waals surface area contributed by atoms with E-state index in [1.807, 2.05) is 18.2 Å². The summed E-state index contributed by atoms with van der Waals surface area (Å²) in [5.41, 5.74) is 1.58. The molecule has 5 nitrogen and oxygen atoms in total. The highest BCUT2D eigenvalue weighted by Gasteiger charge is 2.21. The fourth-order valence-electron chi connectivity index (χ4n) is 2.40. The molecule has 0 aliphatic heterocycles. The Kier molecular flexibility index (Phi) is 6.09. The summed E-state index contributed by atoms with van der Waals surface area (Å²) in [6.07, 6.45) is 2.88. The number of hydrogen-bond acceptors (Lipinski definition) is 4. The van der Waals surface area contributed by atoms with Crippen LogP contribution in [0, 0.1) is 0 Å². The van der Waals surface area contributed by atoms with Crippen molar-refractivity contribution in [2.24, 2.45) is 0 Å². The predicted molar refractivity (Wildman–Crippen MR) is 95.4 cm³/mol. The largest absolute Gasteiger partial charge is 0.497 e. The van der Waals surface area contributed by atoms with Gasteiger partial charge in [-0.1, -0.05) is 31.5 Å². The summed E-state index contributed by atoms with van der Waals surface area (Å²) in [6, 6.07) is 12.1. The molecule has 0 fully saturated rings. The maximum atomic E-state index is 12.8. The average molecular weight is 349 g/mol. The molecule has 2 aromatic carbocycles. The number of anilines is 1. The van der Waals surface area contributed by atoms with Gasteiger partial charge in [-0.05, 0) is 36.6 Å². The second-order valence-corrected chi connectivity index (χ2v) is 7.03. The van der Waals surface area contributed by atoms with Crippen LogP contribution < -0.4 is 14.2 Å². The highest BCUT2D eigenvalue weighted by atomic mass is 32.2. The minimum Gasteiger partial charge on any atom is -0.497 e. The van der Waals surface area contributed by atoms with Crippen molar-refractivity contribution in [3.63, 3.8) is 0 Å². The van der Waals surface area contributed by atoms with Crippen LogP contribution in [-0.2, 0) is 16.4 Å². The molecule has 0 atom stereocenters. The van der Waals surface area contributed by atoms with E-state index in [1.165, 1.54) is 20.3 Å². The van der Waals surface area contributed by atoms with Crippen LogP contribution in [0.2, 0.25) is 0 Å². The van der Waals surface area contributed by atoms with Crippen LogP contribution in [0.3, 0.4) is 0 Å². The Morgan fingerprint density at radius 2 is 1.79 bits per heavy atom. The fraction of sp³-hybridized carbons (Fsp3) is 0.333. The Morgan fingerprint density at radius 1 is 1.04 bits per heavy atom. The van der Waals surface area contributed by atoms with Gasteiger partial charge in [0.2, 0.25) is 0 Å². The minimum atomic E-state index is -3.76. The smallest absolute Gasteiger partial charge is 0.265 e. The number of rotatable bonds is 8. The molecule has 0 saturated carbocycles. The van der Waals surface area contributed by atoms with Crippen molar-refractivity contribution in [2.75, 3.05) is 18.9 Å². The van der Waals surface area contributed by atoms with Gasteiger partial charge in [0.15, 0.2) is 0 Å². The molecule has 2 aromatic rings. The molecular weight excluding hydrogens is 326 g/mol. The second kappa shape index (κ2) is 8.06. The van der Waals surface area contributed by atoms with Crippen molar-refractivity contribution in [2.45, 2.75) is 31.1 Å². The highest BCUT2D eigenvalue weighted by molar-refractivity contribution is 7.92. The molecule has 0 bridgehead atoms. The Balaban J connectivity index is 2.36. The first-order valence-corrected chi connectivity index (χ1v) is 9.33. The molecule has 130 valence electrons. The molecule has 0 spiro atoms. The SMILES string of the molecule is CCCCc1ccccc1NS(=O)(=O)c1ccc(OC)cc1OC. The minimum absolute atomic E-state index is 0.0797. The van der Waals surface area contributed by atoms with Crippen LogP contribution in [0.5, 0.6) is 11.5 Å². The van der Waals surface area contributed by atoms with Gasteiger partial charge < -0.3 is 9.47 Å². The highest BCUT2D eigenvalue weighted by Crippen LogP contribution is 2.30. The van der Waals surface area contributed by atoms with Gasteiger partial charge in [0.1, 0.15) is 16.4 Å². The number of ether oxygens (including phenoxy) is 2. The third-order valence-electron chi connectivity index (χ3n) is 3.72. The topological polar surface area (TPSA) is 64.6 Å². The summed E-state index contributed by atoms with van der Waals surface area (Å²) in [7, 11) is -0.807. The zero-order chi connectivity index (χ0) is 17.6. The Morgan fingerprint density at radius 3 is 2.46 bits per heavy atom. The third kappa shape index (κ3) is 4.20. The van der Waals surface area contributed by atoms with Gasteiger partial charge in [-0.2, -0.15) is 0 Å². The van der Waals surface area contributed by atoms with E-state index in [9.17, 15) is 8.42 Å². The molecule has 0 aliphatic rings. The van der Waals surface area contributed by atoms with Crippen LogP contribution in [0.4, 0.5) is 5.69 Å². The van der Waals surface area contributed by atoms with Gasteiger partial charge in [0.05, 0.1) is 19.9 Å². The third-order valence-corrected chi connectivity index (χ3v) is 5.13. The van der Waals surface area contributed by atoms with Crippen molar-refractivity contribution in [3.8, 4) is 11.5 Å². The summed E-state index contributed by atoms with van der Waals surface area (Å²) in [5, 5.41) is 0.